The van der Waals surface area contributed by atoms with Crippen molar-refractivity contribution in [2.24, 2.45) is 0 Å². The molecule has 0 fully saturated rings. The Hall–Kier alpha value is -2.59. The predicted octanol–water partition coefficient (Wildman–Crippen LogP) is 4.67. The Morgan fingerprint density at radius 1 is 1.10 bits per heavy atom. The molecule has 0 unspecified atom stereocenters. The highest BCUT2D eigenvalue weighted by Crippen LogP contribution is 2.32. The Bertz CT molecular complexity index is 1170. The minimum atomic E-state index is -4.08. The van der Waals surface area contributed by atoms with E-state index in [-0.39, 0.29) is 38.6 Å². The monoisotopic (exact) mass is 482 g/mol. The molecule has 3 aromatic rings. The van der Waals surface area contributed by atoms with Gasteiger partial charge in [-0.15, -0.1) is 0 Å². The Kier molecular flexibility index (Phi) is 7.22. The Labute approximate surface area is 190 Å². The number of hydrogen-bond acceptors (Lipinski definition) is 7. The third-order valence-corrected chi connectivity index (χ3v) is 6.70. The zero-order valence-corrected chi connectivity index (χ0v) is 19.2. The lowest BCUT2D eigenvalue weighted by Gasteiger charge is -2.13. The molecule has 1 heterocycles. The number of methoxy groups -OCH3 is 1. The summed E-state index contributed by atoms with van der Waals surface area (Å²) in [5.74, 6) is 0.487. The largest absolute Gasteiger partial charge is 0.478 e. The first-order chi connectivity index (χ1) is 14.7. The normalized spacial score (nSPS) is 12.3. The summed E-state index contributed by atoms with van der Waals surface area (Å²) in [5.41, 5.74) is 1.10. The molecule has 1 aromatic heterocycles. The van der Waals surface area contributed by atoms with E-state index < -0.39 is 10.0 Å². The zero-order chi connectivity index (χ0) is 22.6. The van der Waals surface area contributed by atoms with Crippen molar-refractivity contribution in [3.05, 3.63) is 64.3 Å². The second-order valence-electron chi connectivity index (χ2n) is 6.41. The summed E-state index contributed by atoms with van der Waals surface area (Å²) >= 11 is 11.9. The van der Waals surface area contributed by atoms with E-state index in [1.807, 2.05) is 26.1 Å². The molecule has 2 N–H and O–H groups in total. The molecule has 11 heteroatoms. The van der Waals surface area contributed by atoms with E-state index in [4.69, 9.17) is 32.7 Å². The van der Waals surface area contributed by atoms with Gasteiger partial charge >= 0.3 is 0 Å². The van der Waals surface area contributed by atoms with Gasteiger partial charge in [-0.1, -0.05) is 41.4 Å². The van der Waals surface area contributed by atoms with E-state index in [9.17, 15) is 8.42 Å². The highest BCUT2D eigenvalue weighted by molar-refractivity contribution is 7.92. The minimum Gasteiger partial charge on any atom is -0.478 e. The van der Waals surface area contributed by atoms with Crippen molar-refractivity contribution in [3.8, 4) is 17.5 Å². The van der Waals surface area contributed by atoms with Crippen molar-refractivity contribution in [1.29, 1.82) is 0 Å². The third-order valence-electron chi connectivity index (χ3n) is 4.38. The molecule has 0 aliphatic rings. The second kappa shape index (κ2) is 9.69. The van der Waals surface area contributed by atoms with E-state index in [0.29, 0.717) is 5.75 Å². The quantitative estimate of drug-likeness (QED) is 0.480. The average molecular weight is 483 g/mol. The van der Waals surface area contributed by atoms with Crippen LogP contribution in [0.1, 0.15) is 18.5 Å². The highest BCUT2D eigenvalue weighted by Gasteiger charge is 2.23. The van der Waals surface area contributed by atoms with Crippen LogP contribution < -0.4 is 19.5 Å². The number of sulfonamides is 1. The molecule has 164 valence electrons. The van der Waals surface area contributed by atoms with Gasteiger partial charge in [0, 0.05) is 6.04 Å². The van der Waals surface area contributed by atoms with Crippen LogP contribution in [0, 0.1) is 0 Å². The van der Waals surface area contributed by atoms with E-state index in [0.717, 1.165) is 5.56 Å². The van der Waals surface area contributed by atoms with Gasteiger partial charge in [0.05, 0.1) is 23.4 Å². The van der Waals surface area contributed by atoms with Crippen LogP contribution in [-0.4, -0.2) is 32.5 Å². The molecule has 0 amide bonds. The molecule has 0 aliphatic heterocycles. The van der Waals surface area contributed by atoms with Crippen LogP contribution in [0.2, 0.25) is 10.0 Å². The fraction of sp³-hybridized carbons (Fsp3) is 0.200. The maximum atomic E-state index is 12.7. The van der Waals surface area contributed by atoms with Crippen molar-refractivity contribution in [2.45, 2.75) is 17.9 Å². The van der Waals surface area contributed by atoms with Crippen molar-refractivity contribution in [2.75, 3.05) is 18.9 Å². The van der Waals surface area contributed by atoms with E-state index in [1.54, 1.807) is 12.1 Å². The molecule has 1 atom stereocenters. The van der Waals surface area contributed by atoms with E-state index in [1.165, 1.54) is 31.5 Å². The fourth-order valence-electron chi connectivity index (χ4n) is 2.60. The summed E-state index contributed by atoms with van der Waals surface area (Å²) in [6, 6.07) is 12.0. The predicted molar refractivity (Wildman–Crippen MR) is 120 cm³/mol. The average Bonchev–Trinajstić information content (AvgIpc) is 2.76. The van der Waals surface area contributed by atoms with E-state index >= 15 is 0 Å². The van der Waals surface area contributed by atoms with Crippen LogP contribution in [0.25, 0.3) is 0 Å². The topological polar surface area (TPSA) is 102 Å². The first-order valence-electron chi connectivity index (χ1n) is 9.08. The molecule has 8 nitrogen and oxygen atoms in total. The van der Waals surface area contributed by atoms with Crippen molar-refractivity contribution in [3.63, 3.8) is 0 Å². The Morgan fingerprint density at radius 3 is 2.45 bits per heavy atom. The molecule has 0 radical (unpaired) electrons. The number of benzene rings is 2. The van der Waals surface area contributed by atoms with Crippen molar-refractivity contribution < 1.29 is 17.9 Å². The molecule has 0 aliphatic carbocycles. The van der Waals surface area contributed by atoms with Crippen LogP contribution in [0.15, 0.2) is 53.6 Å². The first-order valence-corrected chi connectivity index (χ1v) is 11.3. The Balaban J connectivity index is 1.82. The van der Waals surface area contributed by atoms with Gasteiger partial charge in [0.1, 0.15) is 10.6 Å². The first kappa shape index (κ1) is 23.1. The third kappa shape index (κ3) is 5.37. The van der Waals surface area contributed by atoms with E-state index in [2.05, 4.69) is 20.0 Å². The van der Waals surface area contributed by atoms with Crippen LogP contribution in [0.4, 0.5) is 5.82 Å². The number of ether oxygens (including phenoxy) is 2. The van der Waals surface area contributed by atoms with Crippen LogP contribution in [0.5, 0.6) is 17.5 Å². The second-order valence-corrected chi connectivity index (χ2v) is 8.84. The maximum absolute atomic E-state index is 12.7. The lowest BCUT2D eigenvalue weighted by molar-refractivity contribution is 0.382. The van der Waals surface area contributed by atoms with Gasteiger partial charge in [-0.3, -0.25) is 4.72 Å². The molecule has 3 rings (SSSR count). The van der Waals surface area contributed by atoms with Gasteiger partial charge in [-0.2, -0.15) is 4.98 Å². The van der Waals surface area contributed by atoms with Crippen molar-refractivity contribution >= 4 is 39.0 Å². The minimum absolute atomic E-state index is 0.0698. The summed E-state index contributed by atoms with van der Waals surface area (Å²) in [4.78, 5) is 8.06. The van der Waals surface area contributed by atoms with Crippen molar-refractivity contribution in [1.82, 2.24) is 15.3 Å². The number of nitrogens with zero attached hydrogens (tertiary/aromatic N) is 2. The van der Waals surface area contributed by atoms with Crippen LogP contribution in [-0.2, 0) is 10.0 Å². The van der Waals surface area contributed by atoms with Gasteiger partial charge in [-0.25, -0.2) is 13.4 Å². The molecular formula is C20H20Cl2N4O4S. The van der Waals surface area contributed by atoms with Gasteiger partial charge < -0.3 is 14.8 Å². The number of anilines is 1. The highest BCUT2D eigenvalue weighted by atomic mass is 35.5. The summed E-state index contributed by atoms with van der Waals surface area (Å²) in [6.07, 6.45) is 1.28. The van der Waals surface area contributed by atoms with Crippen LogP contribution >= 0.6 is 23.2 Å². The van der Waals surface area contributed by atoms with Gasteiger partial charge in [0.15, 0.2) is 0 Å². The fourth-order valence-corrected chi connectivity index (χ4v) is 4.37. The lowest BCUT2D eigenvalue weighted by Crippen LogP contribution is -2.16. The maximum Gasteiger partial charge on any atom is 0.264 e. The van der Waals surface area contributed by atoms with Gasteiger partial charge in [0.25, 0.3) is 15.9 Å². The summed E-state index contributed by atoms with van der Waals surface area (Å²) in [7, 11) is -0.861. The summed E-state index contributed by atoms with van der Waals surface area (Å²) < 4.78 is 38.6. The zero-order valence-electron chi connectivity index (χ0n) is 16.9. The molecule has 0 spiro atoms. The van der Waals surface area contributed by atoms with Crippen LogP contribution in [0.3, 0.4) is 0 Å². The number of aromatic nitrogens is 2. The van der Waals surface area contributed by atoms with Gasteiger partial charge in [0.2, 0.25) is 11.7 Å². The van der Waals surface area contributed by atoms with Gasteiger partial charge in [-0.05, 0) is 43.8 Å². The summed E-state index contributed by atoms with van der Waals surface area (Å²) in [5, 5.41) is 3.17. The molecule has 2 aromatic carbocycles. The number of halogens is 2. The Morgan fingerprint density at radius 2 is 1.81 bits per heavy atom. The number of rotatable bonds is 8. The SMILES string of the molecule is CN[C@H](C)c1ccc(Oc2cnc(NS(=O)(=O)c3cccc(Cl)c3Cl)c(OC)n2)cc1. The number of hydrogen-bond donors (Lipinski definition) is 2. The molecule has 0 saturated carbocycles. The molecule has 0 saturated heterocycles. The molecule has 31 heavy (non-hydrogen) atoms. The standard InChI is InChI=1S/C20H20Cl2N4O4S/c1-12(23-2)13-7-9-14(10-8-13)30-17-11-24-19(20(25-17)29-3)26-31(27,28)16-6-4-5-15(21)18(16)22/h4-12,23H,1-3H3,(H,24,26)/t12-/m1/s1. The molecule has 0 bridgehead atoms. The number of nitrogens with one attached hydrogen (secondary N) is 2. The lowest BCUT2D eigenvalue weighted by atomic mass is 10.1. The smallest absolute Gasteiger partial charge is 0.264 e. The molecular weight excluding hydrogens is 463 g/mol. The summed E-state index contributed by atoms with van der Waals surface area (Å²) in [6.45, 7) is 2.04.